The van der Waals surface area contributed by atoms with E-state index in [1.807, 2.05) is 55.5 Å². The van der Waals surface area contributed by atoms with E-state index < -0.39 is 28.7 Å². The Morgan fingerprint density at radius 2 is 1.15 bits per heavy atom. The van der Waals surface area contributed by atoms with Crippen molar-refractivity contribution in [1.29, 1.82) is 0 Å². The van der Waals surface area contributed by atoms with Gasteiger partial charge < -0.3 is 49.8 Å². The maximum Gasteiger partial charge on any atom is 0.410 e. The third kappa shape index (κ3) is 16.1. The first-order chi connectivity index (χ1) is 40.2. The predicted octanol–water partition coefficient (Wildman–Crippen LogP) is 11.0. The van der Waals surface area contributed by atoms with Crippen molar-refractivity contribution in [2.75, 3.05) is 53.7 Å². The number of ketones is 2. The summed E-state index contributed by atoms with van der Waals surface area (Å²) in [5.74, 6) is 0.591. The van der Waals surface area contributed by atoms with Gasteiger partial charge in [0.05, 0.1) is 55.7 Å². The Hall–Kier alpha value is -8.13. The second kappa shape index (κ2) is 28.9. The Morgan fingerprint density at radius 3 is 1.61 bits per heavy atom. The van der Waals surface area contributed by atoms with E-state index in [1.54, 1.807) is 85.5 Å². The number of hydrogen-bond acceptors (Lipinski definition) is 15. The molecule has 2 aromatic heterocycles. The molecule has 0 radical (unpaired) electrons. The van der Waals surface area contributed by atoms with Crippen molar-refractivity contribution in [2.45, 2.75) is 95.5 Å². The van der Waals surface area contributed by atoms with Gasteiger partial charge in [-0.1, -0.05) is 37.3 Å². The van der Waals surface area contributed by atoms with Gasteiger partial charge in [-0.05, 0) is 185 Å². The Morgan fingerprint density at radius 1 is 0.667 bits per heavy atom. The molecule has 84 heavy (non-hydrogen) atoms. The monoisotopic (exact) mass is 1150 g/mol. The minimum atomic E-state index is -1.53. The van der Waals surface area contributed by atoms with E-state index in [0.29, 0.717) is 82.0 Å². The molecule has 4 atom stereocenters. The van der Waals surface area contributed by atoms with E-state index in [0.717, 1.165) is 28.7 Å². The summed E-state index contributed by atoms with van der Waals surface area (Å²) >= 11 is 0. The minimum Gasteiger partial charge on any atom is -0.493 e. The van der Waals surface area contributed by atoms with Crippen LogP contribution in [0.3, 0.4) is 0 Å². The summed E-state index contributed by atoms with van der Waals surface area (Å²) in [4.78, 5) is 50.6. The number of aromatic nitrogens is 2. The largest absolute Gasteiger partial charge is 0.493 e. The fraction of sp³-hybridized carbons (Fsp3) is 0.348. The van der Waals surface area contributed by atoms with Crippen molar-refractivity contribution in [3.8, 4) is 45.5 Å². The molecule has 5 aromatic carbocycles. The standard InChI is InChI=1S/C37H39FN2O7.C29H35FN2O5/c1-36(17-18-40(36)35(43)47-24-25-7-5-4-6-8-25)28-22-30(26-9-12-29(38)13-10-26)39-34(23-28)37(2,44)16-15-31(42)27-11-14-32(46-20-19-41)33(21-27)45-3;1-19(11-13-31)22-16-24(20-4-7-23(30)8-5-20)32-28(18-22)29(2,35)12-10-25(34)21-6-9-26(37-15-14-33)27(17-21)36-3/h4-14,21-23,41,44H,15-20,24H2,1-3H3;4-9,16-19,33,35H,10-15,31H2,1-3H3. The van der Waals surface area contributed by atoms with Gasteiger partial charge in [-0.25, -0.2) is 23.5 Å². The Bertz CT molecular complexity index is 3350. The summed E-state index contributed by atoms with van der Waals surface area (Å²) < 4.78 is 54.5. The van der Waals surface area contributed by atoms with Crippen LogP contribution in [0.15, 0.2) is 140 Å². The highest BCUT2D eigenvalue weighted by atomic mass is 19.1. The highest BCUT2D eigenvalue weighted by Crippen LogP contribution is 2.44. The number of nitrogens with zero attached hydrogens (tertiary/aromatic N) is 3. The lowest BCUT2D eigenvalue weighted by Crippen LogP contribution is -2.58. The van der Waals surface area contributed by atoms with Crippen molar-refractivity contribution >= 4 is 17.7 Å². The number of aliphatic hydroxyl groups is 4. The van der Waals surface area contributed by atoms with E-state index in [2.05, 4.69) is 6.92 Å². The van der Waals surface area contributed by atoms with E-state index in [-0.39, 0.29) is 82.0 Å². The number of nitrogens with two attached hydrogens (primary N) is 1. The smallest absolute Gasteiger partial charge is 0.410 e. The number of pyridine rings is 2. The fourth-order valence-electron chi connectivity index (χ4n) is 9.62. The SMILES string of the molecule is COc1cc(C(=O)CCC(C)(O)c2cc(C(C)CCN)cc(-c3ccc(F)cc3)n2)ccc1OCCO.COc1cc(C(=O)CCC(C)(O)c2cc(C3(C)CCN3C(=O)OCc3ccccc3)cc(-c3ccc(F)cc3)n2)ccc1OCCO. The number of benzene rings is 5. The lowest BCUT2D eigenvalue weighted by atomic mass is 9.78. The molecule has 6 N–H and O–H groups in total. The van der Waals surface area contributed by atoms with E-state index >= 15 is 0 Å². The van der Waals surface area contributed by atoms with Crippen LogP contribution in [0.25, 0.3) is 22.5 Å². The number of hydrogen-bond donors (Lipinski definition) is 5. The maximum absolute atomic E-state index is 13.8. The van der Waals surface area contributed by atoms with Crippen LogP contribution in [0.1, 0.15) is 121 Å². The third-order valence-corrected chi connectivity index (χ3v) is 15.0. The average molecular weight is 1150 g/mol. The van der Waals surface area contributed by atoms with Gasteiger partial charge in [-0.3, -0.25) is 14.5 Å². The molecule has 18 heteroatoms. The van der Waals surface area contributed by atoms with Gasteiger partial charge in [0.2, 0.25) is 0 Å². The first kappa shape index (κ1) is 63.5. The van der Waals surface area contributed by atoms with Crippen LogP contribution in [0.5, 0.6) is 23.0 Å². The molecular formula is C66H74F2N4O12. The molecule has 1 aliphatic heterocycles. The number of amides is 1. The molecule has 0 saturated carbocycles. The molecule has 1 amide bonds. The summed E-state index contributed by atoms with van der Waals surface area (Å²) in [6.07, 6.45) is 1.22. The first-order valence-corrected chi connectivity index (χ1v) is 27.8. The zero-order chi connectivity index (χ0) is 60.6. The van der Waals surface area contributed by atoms with Gasteiger partial charge in [0.1, 0.15) is 42.7 Å². The molecule has 0 bridgehead atoms. The Labute approximate surface area is 488 Å². The van der Waals surface area contributed by atoms with E-state index in [1.165, 1.54) is 38.5 Å². The van der Waals surface area contributed by atoms with Crippen LogP contribution in [0.4, 0.5) is 13.6 Å². The quantitative estimate of drug-likeness (QED) is 0.0317. The predicted molar refractivity (Wildman–Crippen MR) is 314 cm³/mol. The molecule has 7 aromatic rings. The number of halogens is 2. The van der Waals surface area contributed by atoms with Gasteiger partial charge in [-0.2, -0.15) is 0 Å². The topological polar surface area (TPSA) is 233 Å². The summed E-state index contributed by atoms with van der Waals surface area (Å²) in [6, 6.07) is 38.4. The average Bonchev–Trinajstić information content (AvgIpc) is 3.48. The first-order valence-electron chi connectivity index (χ1n) is 27.8. The number of carbonyl (C=O) groups excluding carboxylic acids is 3. The second-order valence-electron chi connectivity index (χ2n) is 21.3. The van der Waals surface area contributed by atoms with Crippen molar-refractivity contribution < 1.29 is 67.3 Å². The molecule has 3 heterocycles. The highest BCUT2D eigenvalue weighted by Gasteiger charge is 2.47. The zero-order valence-corrected chi connectivity index (χ0v) is 48.3. The highest BCUT2D eigenvalue weighted by molar-refractivity contribution is 5.97. The van der Waals surface area contributed by atoms with Crippen molar-refractivity contribution in [1.82, 2.24) is 14.9 Å². The third-order valence-electron chi connectivity index (χ3n) is 15.0. The van der Waals surface area contributed by atoms with Crippen LogP contribution in [-0.2, 0) is 28.1 Å². The fourth-order valence-corrected chi connectivity index (χ4v) is 9.62. The Kier molecular flexibility index (Phi) is 21.8. The van der Waals surface area contributed by atoms with Gasteiger partial charge in [-0.15, -0.1) is 0 Å². The van der Waals surface area contributed by atoms with E-state index in [4.69, 9.17) is 49.6 Å². The van der Waals surface area contributed by atoms with Gasteiger partial charge in [0, 0.05) is 41.6 Å². The van der Waals surface area contributed by atoms with Crippen molar-refractivity contribution in [2.24, 2.45) is 5.73 Å². The van der Waals surface area contributed by atoms with Crippen LogP contribution < -0.4 is 24.7 Å². The molecule has 1 fully saturated rings. The molecule has 0 aliphatic carbocycles. The van der Waals surface area contributed by atoms with Crippen LogP contribution in [0.2, 0.25) is 0 Å². The number of aliphatic hydroxyl groups excluding tert-OH is 2. The summed E-state index contributed by atoms with van der Waals surface area (Å²) in [7, 11) is 2.94. The lowest BCUT2D eigenvalue weighted by molar-refractivity contribution is -0.0103. The number of likely N-dealkylation sites (tertiary alicyclic amines) is 1. The van der Waals surface area contributed by atoms with Gasteiger partial charge in [0.15, 0.2) is 34.6 Å². The number of rotatable bonds is 26. The molecule has 0 spiro atoms. The van der Waals surface area contributed by atoms with Crippen LogP contribution in [-0.4, -0.2) is 107 Å². The number of carbonyl (C=O) groups is 3. The number of methoxy groups -OCH3 is 2. The van der Waals surface area contributed by atoms with Crippen LogP contribution in [0, 0.1) is 11.6 Å². The minimum absolute atomic E-state index is 0.00000790. The summed E-state index contributed by atoms with van der Waals surface area (Å²) in [5, 5.41) is 41.2. The molecule has 8 rings (SSSR count). The van der Waals surface area contributed by atoms with E-state index in [9.17, 15) is 33.4 Å². The molecule has 1 saturated heterocycles. The molecular weight excluding hydrogens is 1080 g/mol. The van der Waals surface area contributed by atoms with Gasteiger partial charge >= 0.3 is 6.09 Å². The van der Waals surface area contributed by atoms with Crippen molar-refractivity contribution in [3.05, 3.63) is 190 Å². The normalized spacial score (nSPS) is 15.5. The molecule has 1 aliphatic rings. The second-order valence-corrected chi connectivity index (χ2v) is 21.3. The summed E-state index contributed by atoms with van der Waals surface area (Å²) in [5.41, 5.74) is 8.72. The summed E-state index contributed by atoms with van der Waals surface area (Å²) in [6.45, 7) is 8.29. The maximum atomic E-state index is 13.8. The lowest BCUT2D eigenvalue weighted by Gasteiger charge is -2.50. The zero-order valence-electron chi connectivity index (χ0n) is 48.3. The van der Waals surface area contributed by atoms with Gasteiger partial charge in [0.25, 0.3) is 0 Å². The molecule has 4 unspecified atom stereocenters. The number of Topliss-reactive ketones (excluding diaryl/α,β-unsaturated/α-hetero) is 2. The Balaban J connectivity index is 0.000000248. The van der Waals surface area contributed by atoms with Crippen molar-refractivity contribution in [3.63, 3.8) is 0 Å². The molecule has 444 valence electrons. The number of ether oxygens (including phenoxy) is 5. The van der Waals surface area contributed by atoms with Crippen LogP contribution >= 0.6 is 0 Å². The molecule has 16 nitrogen and oxygen atoms in total.